The van der Waals surface area contributed by atoms with Gasteiger partial charge in [0.05, 0.1) is 11.1 Å². The number of methoxy groups -OCH3 is 1. The summed E-state index contributed by atoms with van der Waals surface area (Å²) in [6, 6.07) is 19.7. The number of hydrogen-bond donors (Lipinski definition) is 2. The summed E-state index contributed by atoms with van der Waals surface area (Å²) in [5.41, 5.74) is 3.54. The Bertz CT molecular complexity index is 1140. The fraction of sp³-hybridized carbons (Fsp3) is 0.259. The summed E-state index contributed by atoms with van der Waals surface area (Å²) < 4.78 is 11.2. The molecule has 0 fully saturated rings. The fourth-order valence-electron chi connectivity index (χ4n) is 3.16. The van der Waals surface area contributed by atoms with Crippen molar-refractivity contribution in [1.82, 2.24) is 0 Å². The third kappa shape index (κ3) is 6.92. The van der Waals surface area contributed by atoms with Gasteiger partial charge in [-0.3, -0.25) is 9.59 Å². The molecule has 0 radical (unpaired) electrons. The van der Waals surface area contributed by atoms with Gasteiger partial charge in [0.25, 0.3) is 11.8 Å². The monoisotopic (exact) mass is 524 g/mol. The van der Waals surface area contributed by atoms with Crippen molar-refractivity contribution < 1.29 is 19.1 Å². The van der Waals surface area contributed by atoms with Crippen molar-refractivity contribution >= 4 is 39.1 Å². The summed E-state index contributed by atoms with van der Waals surface area (Å²) in [5.74, 6) is 0.205. The van der Waals surface area contributed by atoms with Crippen LogP contribution in [-0.4, -0.2) is 32.1 Å². The molecule has 0 aromatic heterocycles. The van der Waals surface area contributed by atoms with Crippen LogP contribution in [0.15, 0.2) is 71.2 Å². The third-order valence-corrected chi connectivity index (χ3v) is 5.77. The second kappa shape index (κ2) is 11.3. The fourth-order valence-corrected chi connectivity index (χ4v) is 3.65. The summed E-state index contributed by atoms with van der Waals surface area (Å²) in [4.78, 5) is 25.2. The van der Waals surface area contributed by atoms with Gasteiger partial charge in [-0.1, -0.05) is 32.9 Å². The van der Waals surface area contributed by atoms with Crippen molar-refractivity contribution in [3.05, 3.63) is 87.9 Å². The van der Waals surface area contributed by atoms with E-state index in [2.05, 4.69) is 47.3 Å². The number of nitrogens with one attached hydrogen (secondary N) is 2. The number of benzene rings is 3. The standard InChI is InChI=1S/C27H29BrN2O4/c1-27(2,3)20-8-5-18(6-9-20)25(31)29-21-10-12-22(13-11-21)30-26(32)19-7-14-24(23(28)17-19)34-16-15-33-4/h5-14,17H,15-16H2,1-4H3,(H,29,31)(H,30,32). The molecular formula is C27H29BrN2O4. The predicted molar refractivity (Wildman–Crippen MR) is 139 cm³/mol. The van der Waals surface area contributed by atoms with Crippen LogP contribution in [0.1, 0.15) is 47.1 Å². The number of hydrogen-bond acceptors (Lipinski definition) is 4. The SMILES string of the molecule is COCCOc1ccc(C(=O)Nc2ccc(NC(=O)c3ccc(C(C)(C)C)cc3)cc2)cc1Br. The number of ether oxygens (including phenoxy) is 2. The maximum absolute atomic E-state index is 12.6. The molecule has 0 heterocycles. The Morgan fingerprint density at radius 3 is 1.82 bits per heavy atom. The molecule has 0 saturated carbocycles. The number of carbonyl (C=O) groups excluding carboxylic acids is 2. The lowest BCUT2D eigenvalue weighted by Crippen LogP contribution is -2.14. The molecule has 0 saturated heterocycles. The Morgan fingerprint density at radius 2 is 1.32 bits per heavy atom. The second-order valence-corrected chi connectivity index (χ2v) is 9.65. The van der Waals surface area contributed by atoms with Gasteiger partial charge in [0.1, 0.15) is 12.4 Å². The van der Waals surface area contributed by atoms with E-state index in [9.17, 15) is 9.59 Å². The molecule has 2 N–H and O–H groups in total. The minimum atomic E-state index is -0.250. The number of amides is 2. The highest BCUT2D eigenvalue weighted by Gasteiger charge is 2.15. The van der Waals surface area contributed by atoms with E-state index in [4.69, 9.17) is 9.47 Å². The van der Waals surface area contributed by atoms with E-state index in [-0.39, 0.29) is 17.2 Å². The molecule has 0 atom stereocenters. The first-order valence-corrected chi connectivity index (χ1v) is 11.7. The first-order valence-electron chi connectivity index (χ1n) is 10.9. The quantitative estimate of drug-likeness (QED) is 0.340. The molecule has 34 heavy (non-hydrogen) atoms. The van der Waals surface area contributed by atoms with Gasteiger partial charge < -0.3 is 20.1 Å². The smallest absolute Gasteiger partial charge is 0.255 e. The summed E-state index contributed by atoms with van der Waals surface area (Å²) in [6.07, 6.45) is 0. The first-order chi connectivity index (χ1) is 16.2. The average Bonchev–Trinajstić information content (AvgIpc) is 2.81. The molecule has 0 unspecified atom stereocenters. The van der Waals surface area contributed by atoms with Crippen LogP contribution in [0.4, 0.5) is 11.4 Å². The average molecular weight is 525 g/mol. The van der Waals surface area contributed by atoms with Crippen molar-refractivity contribution in [2.45, 2.75) is 26.2 Å². The first kappa shape index (κ1) is 25.5. The van der Waals surface area contributed by atoms with Gasteiger partial charge >= 0.3 is 0 Å². The van der Waals surface area contributed by atoms with E-state index in [0.717, 1.165) is 0 Å². The number of carbonyl (C=O) groups is 2. The molecule has 178 valence electrons. The maximum atomic E-state index is 12.6. The van der Waals surface area contributed by atoms with Gasteiger partial charge in [0.15, 0.2) is 0 Å². The molecule has 6 nitrogen and oxygen atoms in total. The summed E-state index contributed by atoms with van der Waals surface area (Å²) in [5, 5.41) is 5.74. The normalized spacial score (nSPS) is 11.1. The predicted octanol–water partition coefficient (Wildman–Crippen LogP) is 6.28. The molecule has 0 spiro atoms. The van der Waals surface area contributed by atoms with Crippen LogP contribution in [0, 0.1) is 0 Å². The van der Waals surface area contributed by atoms with Gasteiger partial charge in [-0.15, -0.1) is 0 Å². The minimum absolute atomic E-state index is 0.0330. The van der Waals surface area contributed by atoms with Crippen molar-refractivity contribution in [1.29, 1.82) is 0 Å². The van der Waals surface area contributed by atoms with Gasteiger partial charge in [0, 0.05) is 29.6 Å². The van der Waals surface area contributed by atoms with Crippen molar-refractivity contribution in [2.24, 2.45) is 0 Å². The largest absolute Gasteiger partial charge is 0.490 e. The lowest BCUT2D eigenvalue weighted by atomic mass is 9.87. The molecule has 3 aromatic rings. The minimum Gasteiger partial charge on any atom is -0.490 e. The van der Waals surface area contributed by atoms with Crippen LogP contribution in [-0.2, 0) is 10.2 Å². The highest BCUT2D eigenvalue weighted by molar-refractivity contribution is 9.10. The number of rotatable bonds is 8. The molecule has 3 aromatic carbocycles. The van der Waals surface area contributed by atoms with Crippen molar-refractivity contribution in [3.8, 4) is 5.75 Å². The Labute approximate surface area is 208 Å². The molecule has 0 aliphatic rings. The highest BCUT2D eigenvalue weighted by atomic mass is 79.9. The van der Waals surface area contributed by atoms with Crippen LogP contribution < -0.4 is 15.4 Å². The van der Waals surface area contributed by atoms with Gasteiger partial charge in [-0.05, 0) is 81.5 Å². The van der Waals surface area contributed by atoms with E-state index >= 15 is 0 Å². The summed E-state index contributed by atoms with van der Waals surface area (Å²) in [7, 11) is 1.61. The van der Waals surface area contributed by atoms with Gasteiger partial charge in [-0.2, -0.15) is 0 Å². The lowest BCUT2D eigenvalue weighted by molar-refractivity contribution is 0.101. The van der Waals surface area contributed by atoms with Crippen LogP contribution in [0.3, 0.4) is 0 Å². The van der Waals surface area contributed by atoms with Crippen LogP contribution >= 0.6 is 15.9 Å². The molecule has 2 amide bonds. The zero-order valence-electron chi connectivity index (χ0n) is 19.8. The Kier molecular flexibility index (Phi) is 8.47. The number of halogens is 1. The Morgan fingerprint density at radius 1 is 0.794 bits per heavy atom. The zero-order chi connectivity index (χ0) is 24.7. The van der Waals surface area contributed by atoms with Crippen LogP contribution in [0.5, 0.6) is 5.75 Å². The van der Waals surface area contributed by atoms with E-state index in [0.29, 0.717) is 45.9 Å². The van der Waals surface area contributed by atoms with E-state index < -0.39 is 0 Å². The summed E-state index contributed by atoms with van der Waals surface area (Å²) >= 11 is 3.43. The molecule has 7 heteroatoms. The highest BCUT2D eigenvalue weighted by Crippen LogP contribution is 2.27. The lowest BCUT2D eigenvalue weighted by Gasteiger charge is -2.19. The van der Waals surface area contributed by atoms with Gasteiger partial charge in [-0.25, -0.2) is 0 Å². The molecular weight excluding hydrogens is 496 g/mol. The van der Waals surface area contributed by atoms with E-state index in [1.807, 2.05) is 24.3 Å². The molecule has 0 aliphatic carbocycles. The Hall–Kier alpha value is -3.16. The third-order valence-electron chi connectivity index (χ3n) is 5.15. The van der Waals surface area contributed by atoms with Crippen molar-refractivity contribution in [3.63, 3.8) is 0 Å². The van der Waals surface area contributed by atoms with Crippen molar-refractivity contribution in [2.75, 3.05) is 31.0 Å². The second-order valence-electron chi connectivity index (χ2n) is 8.80. The Balaban J connectivity index is 1.58. The molecule has 3 rings (SSSR count). The van der Waals surface area contributed by atoms with E-state index in [1.165, 1.54) is 5.56 Å². The van der Waals surface area contributed by atoms with Gasteiger partial charge in [0.2, 0.25) is 0 Å². The number of anilines is 2. The maximum Gasteiger partial charge on any atom is 0.255 e. The zero-order valence-corrected chi connectivity index (χ0v) is 21.4. The topological polar surface area (TPSA) is 76.7 Å². The van der Waals surface area contributed by atoms with Crippen LogP contribution in [0.2, 0.25) is 0 Å². The molecule has 0 aliphatic heterocycles. The molecule has 0 bridgehead atoms. The summed E-state index contributed by atoms with van der Waals surface area (Å²) in [6.45, 7) is 7.31. The van der Waals surface area contributed by atoms with E-state index in [1.54, 1.807) is 49.6 Å². The van der Waals surface area contributed by atoms with Crippen LogP contribution in [0.25, 0.3) is 0 Å².